The van der Waals surface area contributed by atoms with Crippen molar-refractivity contribution in [1.29, 1.82) is 0 Å². The van der Waals surface area contributed by atoms with Crippen LogP contribution < -0.4 is 5.32 Å². The zero-order chi connectivity index (χ0) is 12.9. The third-order valence-corrected chi connectivity index (χ3v) is 4.22. The van der Waals surface area contributed by atoms with Gasteiger partial charge in [0.25, 0.3) is 0 Å². The predicted molar refractivity (Wildman–Crippen MR) is 75.4 cm³/mol. The van der Waals surface area contributed by atoms with Crippen molar-refractivity contribution in [2.24, 2.45) is 5.41 Å². The predicted octanol–water partition coefficient (Wildman–Crippen LogP) is 1.98. The lowest BCUT2D eigenvalue weighted by Crippen LogP contribution is -2.36. The molecular formula is C13H26N2OS. The maximum Gasteiger partial charge on any atom is 0.232 e. The third kappa shape index (κ3) is 6.32. The monoisotopic (exact) mass is 258 g/mol. The first-order valence-corrected chi connectivity index (χ1v) is 7.50. The fourth-order valence-corrected chi connectivity index (χ4v) is 3.23. The van der Waals surface area contributed by atoms with Gasteiger partial charge in [-0.15, -0.1) is 11.8 Å². The van der Waals surface area contributed by atoms with Gasteiger partial charge in [-0.2, -0.15) is 0 Å². The average molecular weight is 258 g/mol. The van der Waals surface area contributed by atoms with Gasteiger partial charge in [0.15, 0.2) is 0 Å². The molecule has 0 saturated carbocycles. The van der Waals surface area contributed by atoms with Gasteiger partial charge in [-0.25, -0.2) is 0 Å². The minimum absolute atomic E-state index is 0.184. The van der Waals surface area contributed by atoms with Crippen LogP contribution in [0.4, 0.5) is 0 Å². The molecule has 0 aliphatic carbocycles. The van der Waals surface area contributed by atoms with Gasteiger partial charge in [0.1, 0.15) is 0 Å². The molecule has 1 aliphatic rings. The van der Waals surface area contributed by atoms with Crippen molar-refractivity contribution in [2.75, 3.05) is 32.4 Å². The number of rotatable bonds is 4. The van der Waals surface area contributed by atoms with Crippen LogP contribution in [0.2, 0.25) is 0 Å². The summed E-state index contributed by atoms with van der Waals surface area (Å²) in [7, 11) is 1.91. The van der Waals surface area contributed by atoms with Crippen molar-refractivity contribution < 1.29 is 4.79 Å². The van der Waals surface area contributed by atoms with Crippen LogP contribution in [0, 0.1) is 5.41 Å². The minimum Gasteiger partial charge on any atom is -0.345 e. The Bertz CT molecular complexity index is 244. The lowest BCUT2D eigenvalue weighted by atomic mass is 9.96. The number of piperidine rings is 1. The Labute approximate surface area is 110 Å². The smallest absolute Gasteiger partial charge is 0.232 e. The van der Waals surface area contributed by atoms with Crippen LogP contribution >= 0.6 is 11.8 Å². The van der Waals surface area contributed by atoms with E-state index in [1.54, 1.807) is 0 Å². The summed E-state index contributed by atoms with van der Waals surface area (Å²) in [6, 6.07) is 0. The highest BCUT2D eigenvalue weighted by Gasteiger charge is 2.19. The van der Waals surface area contributed by atoms with E-state index in [1.165, 1.54) is 12.8 Å². The molecule has 100 valence electrons. The van der Waals surface area contributed by atoms with Gasteiger partial charge in [0.05, 0.1) is 5.75 Å². The molecule has 1 saturated heterocycles. The van der Waals surface area contributed by atoms with Gasteiger partial charge in [-0.1, -0.05) is 20.8 Å². The lowest BCUT2D eigenvalue weighted by Gasteiger charge is -2.27. The number of nitrogens with zero attached hydrogens (tertiary/aromatic N) is 1. The summed E-state index contributed by atoms with van der Waals surface area (Å²) in [5.41, 5.74) is 0.184. The first-order chi connectivity index (χ1) is 7.88. The van der Waals surface area contributed by atoms with Gasteiger partial charge in [-0.3, -0.25) is 4.79 Å². The normalized spacial score (nSPS) is 18.1. The van der Waals surface area contributed by atoms with Crippen LogP contribution in [0.5, 0.6) is 0 Å². The van der Waals surface area contributed by atoms with E-state index in [4.69, 9.17) is 0 Å². The van der Waals surface area contributed by atoms with Gasteiger partial charge < -0.3 is 10.2 Å². The number of hydrogen-bond donors (Lipinski definition) is 1. The Hall–Kier alpha value is -0.220. The second kappa shape index (κ2) is 6.64. The molecular weight excluding hydrogens is 232 g/mol. The second-order valence-electron chi connectivity index (χ2n) is 6.07. The first kappa shape index (κ1) is 14.8. The van der Waals surface area contributed by atoms with Gasteiger partial charge in [-0.05, 0) is 31.3 Å². The van der Waals surface area contributed by atoms with Gasteiger partial charge >= 0.3 is 0 Å². The highest BCUT2D eigenvalue weighted by atomic mass is 32.2. The van der Waals surface area contributed by atoms with E-state index in [1.807, 2.05) is 23.7 Å². The Morgan fingerprint density at radius 3 is 2.47 bits per heavy atom. The van der Waals surface area contributed by atoms with Crippen molar-refractivity contribution in [3.05, 3.63) is 0 Å². The molecule has 1 fully saturated rings. The van der Waals surface area contributed by atoms with Crippen LogP contribution in [0.1, 0.15) is 33.6 Å². The maximum absolute atomic E-state index is 12.0. The van der Waals surface area contributed by atoms with Crippen LogP contribution in [0.3, 0.4) is 0 Å². The summed E-state index contributed by atoms with van der Waals surface area (Å²) >= 11 is 1.83. The number of amides is 1. The summed E-state index contributed by atoms with van der Waals surface area (Å²) in [6.07, 6.45) is 2.39. The standard InChI is InChI=1S/C13H26N2OS/c1-13(2,3)10-15(4)12(16)9-17-11-5-7-14-8-6-11/h11,14H,5-10H2,1-4H3. The van der Waals surface area contributed by atoms with Crippen molar-refractivity contribution in [1.82, 2.24) is 10.2 Å². The van der Waals surface area contributed by atoms with E-state index in [9.17, 15) is 4.79 Å². The summed E-state index contributed by atoms with van der Waals surface area (Å²) < 4.78 is 0. The Morgan fingerprint density at radius 2 is 1.94 bits per heavy atom. The molecule has 0 bridgehead atoms. The zero-order valence-electron chi connectivity index (χ0n) is 11.6. The molecule has 1 N–H and O–H groups in total. The summed E-state index contributed by atoms with van der Waals surface area (Å²) in [5.74, 6) is 0.903. The number of carbonyl (C=O) groups excluding carboxylic acids is 1. The molecule has 0 aromatic carbocycles. The van der Waals surface area contributed by atoms with Crippen molar-refractivity contribution in [2.45, 2.75) is 38.9 Å². The van der Waals surface area contributed by atoms with Crippen LogP contribution in [0.15, 0.2) is 0 Å². The summed E-state index contributed by atoms with van der Waals surface area (Å²) in [4.78, 5) is 13.8. The van der Waals surface area contributed by atoms with Gasteiger partial charge in [0, 0.05) is 18.8 Å². The highest BCUT2D eigenvalue weighted by Crippen LogP contribution is 2.21. The molecule has 0 aromatic heterocycles. The molecule has 4 heteroatoms. The quantitative estimate of drug-likeness (QED) is 0.837. The Morgan fingerprint density at radius 1 is 1.35 bits per heavy atom. The van der Waals surface area contributed by atoms with E-state index in [0.29, 0.717) is 11.0 Å². The molecule has 17 heavy (non-hydrogen) atoms. The topological polar surface area (TPSA) is 32.3 Å². The molecule has 3 nitrogen and oxygen atoms in total. The summed E-state index contributed by atoms with van der Waals surface area (Å²) in [5, 5.41) is 4.02. The fourth-order valence-electron chi connectivity index (χ4n) is 2.06. The van der Waals surface area contributed by atoms with Crippen LogP contribution in [-0.2, 0) is 4.79 Å². The van der Waals surface area contributed by atoms with Crippen LogP contribution in [-0.4, -0.2) is 48.5 Å². The lowest BCUT2D eigenvalue weighted by molar-refractivity contribution is -0.128. The van der Waals surface area contributed by atoms with E-state index in [2.05, 4.69) is 26.1 Å². The maximum atomic E-state index is 12.0. The molecule has 0 aromatic rings. The molecule has 0 radical (unpaired) electrons. The molecule has 0 spiro atoms. The van der Waals surface area contributed by atoms with Crippen molar-refractivity contribution in [3.63, 3.8) is 0 Å². The SMILES string of the molecule is CN(CC(C)(C)C)C(=O)CSC1CCNCC1. The summed E-state index contributed by atoms with van der Waals surface area (Å²) in [6.45, 7) is 9.52. The number of carbonyl (C=O) groups is 1. The fraction of sp³-hybridized carbons (Fsp3) is 0.923. The highest BCUT2D eigenvalue weighted by molar-refractivity contribution is 8.00. The van der Waals surface area contributed by atoms with Crippen LogP contribution in [0.25, 0.3) is 0 Å². The molecule has 0 atom stereocenters. The largest absolute Gasteiger partial charge is 0.345 e. The minimum atomic E-state index is 0.184. The number of hydrogen-bond acceptors (Lipinski definition) is 3. The molecule has 1 rings (SSSR count). The molecule has 1 aliphatic heterocycles. The van der Waals surface area contributed by atoms with Gasteiger partial charge in [0.2, 0.25) is 5.91 Å². The molecule has 0 unspecified atom stereocenters. The Balaban J connectivity index is 2.23. The molecule has 1 amide bonds. The van der Waals surface area contributed by atoms with E-state index < -0.39 is 0 Å². The third-order valence-electron chi connectivity index (χ3n) is 2.87. The average Bonchev–Trinajstić information content (AvgIpc) is 2.25. The number of nitrogens with one attached hydrogen (secondary N) is 1. The van der Waals surface area contributed by atoms with Crippen molar-refractivity contribution >= 4 is 17.7 Å². The zero-order valence-corrected chi connectivity index (χ0v) is 12.4. The van der Waals surface area contributed by atoms with E-state index in [-0.39, 0.29) is 11.3 Å². The van der Waals surface area contributed by atoms with E-state index >= 15 is 0 Å². The molecule has 1 heterocycles. The Kier molecular flexibility index (Phi) is 5.80. The number of thioether (sulfide) groups is 1. The van der Waals surface area contributed by atoms with Crippen molar-refractivity contribution in [3.8, 4) is 0 Å². The first-order valence-electron chi connectivity index (χ1n) is 6.45. The second-order valence-corrected chi connectivity index (χ2v) is 7.36. The van der Waals surface area contributed by atoms with E-state index in [0.717, 1.165) is 19.6 Å².